The Morgan fingerprint density at radius 2 is 2.00 bits per heavy atom. The van der Waals surface area contributed by atoms with E-state index in [9.17, 15) is 14.7 Å². The summed E-state index contributed by atoms with van der Waals surface area (Å²) >= 11 is 7.72. The van der Waals surface area contributed by atoms with Gasteiger partial charge in [0.1, 0.15) is 17.0 Å². The molecule has 2 aromatic heterocycles. The highest BCUT2D eigenvalue weighted by Gasteiger charge is 2.18. The van der Waals surface area contributed by atoms with Crippen LogP contribution >= 0.6 is 23.1 Å². The molecule has 0 unspecified atom stereocenters. The van der Waals surface area contributed by atoms with E-state index in [2.05, 4.69) is 9.69 Å². The molecule has 1 aromatic carbocycles. The van der Waals surface area contributed by atoms with Crippen LogP contribution in [0.25, 0.3) is 11.3 Å². The molecule has 0 atom stereocenters. The summed E-state index contributed by atoms with van der Waals surface area (Å²) in [4.78, 5) is 24.5. The number of amides is 1. The number of carbonyl (C=O) groups excluding carboxylic acids is 1. The molecule has 3 aromatic rings. The van der Waals surface area contributed by atoms with Gasteiger partial charge in [-0.2, -0.15) is 4.37 Å². The maximum absolute atomic E-state index is 12.3. The van der Waals surface area contributed by atoms with Gasteiger partial charge >= 0.3 is 5.97 Å². The first-order valence-electron chi connectivity index (χ1n) is 8.94. The monoisotopic (exact) mass is 433 g/mol. The molecular weight excluding hydrogens is 414 g/mol. The molecule has 0 aliphatic rings. The SMILES string of the molecule is CCn1cc(NC(=O)CCc2snc(-c3ccc(OC)cc3)c2Cl)c(C(=O)O)c1. The second kappa shape index (κ2) is 9.11. The van der Waals surface area contributed by atoms with Crippen LogP contribution in [0, 0.1) is 0 Å². The molecule has 1 amide bonds. The minimum Gasteiger partial charge on any atom is -0.497 e. The number of benzene rings is 1. The number of halogens is 1. The van der Waals surface area contributed by atoms with Crippen LogP contribution < -0.4 is 10.1 Å². The standard InChI is InChI=1S/C20H20ClN3O4S/c1-3-24-10-14(20(26)27)15(11-24)22-17(25)9-8-16-18(21)19(23-29-16)12-4-6-13(28-2)7-5-12/h4-7,10-11H,3,8-9H2,1-2H3,(H,22,25)(H,26,27). The van der Waals surface area contributed by atoms with Crippen LogP contribution in [0.2, 0.25) is 5.02 Å². The highest BCUT2D eigenvalue weighted by atomic mass is 35.5. The number of carboxylic acid groups (broad SMARTS) is 1. The summed E-state index contributed by atoms with van der Waals surface area (Å²) in [5.41, 5.74) is 1.90. The van der Waals surface area contributed by atoms with Crippen molar-refractivity contribution in [3.8, 4) is 17.0 Å². The molecule has 0 spiro atoms. The van der Waals surface area contributed by atoms with Crippen molar-refractivity contribution in [2.24, 2.45) is 0 Å². The van der Waals surface area contributed by atoms with E-state index in [-0.39, 0.29) is 17.9 Å². The van der Waals surface area contributed by atoms with E-state index in [0.29, 0.717) is 29.4 Å². The lowest BCUT2D eigenvalue weighted by Crippen LogP contribution is -2.13. The number of nitrogens with zero attached hydrogens (tertiary/aromatic N) is 2. The highest BCUT2D eigenvalue weighted by molar-refractivity contribution is 7.06. The Bertz CT molecular complexity index is 1030. The van der Waals surface area contributed by atoms with E-state index in [4.69, 9.17) is 16.3 Å². The van der Waals surface area contributed by atoms with Gasteiger partial charge in [-0.3, -0.25) is 4.79 Å². The highest BCUT2D eigenvalue weighted by Crippen LogP contribution is 2.34. The topological polar surface area (TPSA) is 93.5 Å². The number of aromatic carboxylic acids is 1. The first-order valence-corrected chi connectivity index (χ1v) is 10.1. The van der Waals surface area contributed by atoms with E-state index in [1.165, 1.54) is 17.7 Å². The van der Waals surface area contributed by atoms with Crippen molar-refractivity contribution in [1.29, 1.82) is 0 Å². The smallest absolute Gasteiger partial charge is 0.339 e. The Hall–Kier alpha value is -2.84. The third-order valence-corrected chi connectivity index (χ3v) is 5.81. The Morgan fingerprint density at radius 3 is 2.62 bits per heavy atom. The number of rotatable bonds is 8. The van der Waals surface area contributed by atoms with Gasteiger partial charge in [0.2, 0.25) is 5.91 Å². The van der Waals surface area contributed by atoms with Crippen molar-refractivity contribution in [1.82, 2.24) is 8.94 Å². The Labute approximate surface area is 177 Å². The maximum atomic E-state index is 12.3. The molecule has 0 fully saturated rings. The zero-order valence-electron chi connectivity index (χ0n) is 15.9. The fraction of sp³-hybridized carbons (Fsp3) is 0.250. The number of hydrogen-bond acceptors (Lipinski definition) is 5. The summed E-state index contributed by atoms with van der Waals surface area (Å²) in [6, 6.07) is 7.42. The lowest BCUT2D eigenvalue weighted by atomic mass is 10.1. The van der Waals surface area contributed by atoms with Gasteiger partial charge in [-0.1, -0.05) is 11.6 Å². The molecule has 7 nitrogen and oxygen atoms in total. The van der Waals surface area contributed by atoms with Gasteiger partial charge in [0, 0.05) is 35.8 Å². The summed E-state index contributed by atoms with van der Waals surface area (Å²) in [6.07, 6.45) is 3.69. The van der Waals surface area contributed by atoms with Gasteiger partial charge in [-0.15, -0.1) is 0 Å². The summed E-state index contributed by atoms with van der Waals surface area (Å²) in [5.74, 6) is -0.617. The van der Waals surface area contributed by atoms with Gasteiger partial charge in [0.15, 0.2) is 0 Å². The molecule has 0 saturated heterocycles. The fourth-order valence-electron chi connectivity index (χ4n) is 2.80. The molecule has 0 radical (unpaired) electrons. The van der Waals surface area contributed by atoms with E-state index in [1.807, 2.05) is 31.2 Å². The zero-order chi connectivity index (χ0) is 21.0. The largest absolute Gasteiger partial charge is 0.497 e. The van der Waals surface area contributed by atoms with Crippen LogP contribution in [-0.4, -0.2) is 33.0 Å². The van der Waals surface area contributed by atoms with Crippen LogP contribution in [0.5, 0.6) is 5.75 Å². The second-order valence-corrected chi connectivity index (χ2v) is 7.50. The number of hydrogen-bond donors (Lipinski definition) is 2. The van der Waals surface area contributed by atoms with Crippen molar-refractivity contribution in [2.45, 2.75) is 26.3 Å². The lowest BCUT2D eigenvalue weighted by molar-refractivity contribution is -0.116. The molecule has 0 bridgehead atoms. The van der Waals surface area contributed by atoms with Gasteiger partial charge in [0.25, 0.3) is 0 Å². The zero-order valence-corrected chi connectivity index (χ0v) is 17.5. The van der Waals surface area contributed by atoms with Crippen LogP contribution in [0.4, 0.5) is 5.69 Å². The number of carbonyl (C=O) groups is 2. The number of methoxy groups -OCH3 is 1. The molecule has 0 saturated carbocycles. The van der Waals surface area contributed by atoms with Crippen molar-refractivity contribution < 1.29 is 19.4 Å². The third kappa shape index (κ3) is 4.78. The predicted octanol–water partition coefficient (Wildman–Crippen LogP) is 4.56. The van der Waals surface area contributed by atoms with Crippen LogP contribution in [-0.2, 0) is 17.8 Å². The third-order valence-electron chi connectivity index (χ3n) is 4.39. The van der Waals surface area contributed by atoms with Crippen LogP contribution in [0.3, 0.4) is 0 Å². The van der Waals surface area contributed by atoms with Crippen molar-refractivity contribution in [3.05, 3.63) is 52.1 Å². The van der Waals surface area contributed by atoms with Crippen LogP contribution in [0.15, 0.2) is 36.7 Å². The summed E-state index contributed by atoms with van der Waals surface area (Å²) in [7, 11) is 1.60. The van der Waals surface area contributed by atoms with Gasteiger partial charge < -0.3 is 19.7 Å². The van der Waals surface area contributed by atoms with Gasteiger partial charge in [0.05, 0.1) is 17.8 Å². The summed E-state index contributed by atoms with van der Waals surface area (Å²) in [6.45, 7) is 2.50. The average Bonchev–Trinajstić information content (AvgIpc) is 3.30. The van der Waals surface area contributed by atoms with E-state index in [1.54, 1.807) is 17.9 Å². The minimum absolute atomic E-state index is 0.0674. The van der Waals surface area contributed by atoms with Crippen LogP contribution in [0.1, 0.15) is 28.6 Å². The van der Waals surface area contributed by atoms with Gasteiger partial charge in [-0.05, 0) is 49.1 Å². The molecule has 29 heavy (non-hydrogen) atoms. The molecule has 0 aliphatic heterocycles. The van der Waals surface area contributed by atoms with E-state index in [0.717, 1.165) is 16.2 Å². The molecular formula is C20H20ClN3O4S. The first-order chi connectivity index (χ1) is 13.9. The summed E-state index contributed by atoms with van der Waals surface area (Å²) < 4.78 is 11.3. The van der Waals surface area contributed by atoms with E-state index >= 15 is 0 Å². The predicted molar refractivity (Wildman–Crippen MR) is 113 cm³/mol. The fourth-order valence-corrected chi connectivity index (χ4v) is 3.96. The Morgan fingerprint density at radius 1 is 1.28 bits per heavy atom. The summed E-state index contributed by atoms with van der Waals surface area (Å²) in [5, 5.41) is 12.5. The quantitative estimate of drug-likeness (QED) is 0.543. The Kier molecular flexibility index (Phi) is 6.56. The molecule has 152 valence electrons. The van der Waals surface area contributed by atoms with Crippen molar-refractivity contribution in [2.75, 3.05) is 12.4 Å². The molecule has 0 aliphatic carbocycles. The first kappa shape index (κ1) is 20.9. The number of carboxylic acids is 1. The number of aryl methyl sites for hydroxylation is 2. The average molecular weight is 434 g/mol. The number of nitrogens with one attached hydrogen (secondary N) is 1. The Balaban J connectivity index is 1.66. The minimum atomic E-state index is -1.08. The van der Waals surface area contributed by atoms with Crippen molar-refractivity contribution >= 4 is 40.7 Å². The molecule has 9 heteroatoms. The molecule has 2 heterocycles. The normalized spacial score (nSPS) is 10.7. The number of ether oxygens (including phenoxy) is 1. The number of aromatic nitrogens is 2. The maximum Gasteiger partial charge on any atom is 0.339 e. The number of anilines is 1. The van der Waals surface area contributed by atoms with Crippen molar-refractivity contribution in [3.63, 3.8) is 0 Å². The second-order valence-electron chi connectivity index (χ2n) is 6.27. The van der Waals surface area contributed by atoms with Gasteiger partial charge in [-0.25, -0.2) is 4.79 Å². The molecule has 3 rings (SSSR count). The molecule has 2 N–H and O–H groups in total. The van der Waals surface area contributed by atoms with E-state index < -0.39 is 5.97 Å². The lowest BCUT2D eigenvalue weighted by Gasteiger charge is -2.04.